The molecule has 0 heterocycles. The second-order valence-corrected chi connectivity index (χ2v) is 3.41. The molecule has 0 fully saturated rings. The number of carbonyl (C=O) groups is 1. The van der Waals surface area contributed by atoms with E-state index in [0.29, 0.717) is 0 Å². The second kappa shape index (κ2) is 5.48. The molecule has 1 rings (SSSR count). The summed E-state index contributed by atoms with van der Waals surface area (Å²) in [7, 11) is 1.61. The standard InChI is InChI=1S/C11H17N3O2/c1-3-7-6-8(4-5-9(7)16-2)10(12)11(15)14-13/h4-6,10H,3,12-13H2,1-2H3,(H,14,15). The minimum atomic E-state index is -0.749. The van der Waals surface area contributed by atoms with Crippen LogP contribution in [0.4, 0.5) is 0 Å². The van der Waals surface area contributed by atoms with Crippen molar-refractivity contribution in [1.29, 1.82) is 0 Å². The average molecular weight is 223 g/mol. The van der Waals surface area contributed by atoms with Gasteiger partial charge in [-0.2, -0.15) is 0 Å². The van der Waals surface area contributed by atoms with Crippen LogP contribution in [0.3, 0.4) is 0 Å². The number of carbonyl (C=O) groups excluding carboxylic acids is 1. The first-order valence-corrected chi connectivity index (χ1v) is 5.06. The van der Waals surface area contributed by atoms with Crippen LogP contribution in [-0.2, 0) is 11.2 Å². The van der Waals surface area contributed by atoms with Gasteiger partial charge in [0.1, 0.15) is 11.8 Å². The summed E-state index contributed by atoms with van der Waals surface area (Å²) in [5.41, 5.74) is 9.50. The van der Waals surface area contributed by atoms with Crippen molar-refractivity contribution in [2.75, 3.05) is 7.11 Å². The predicted molar refractivity (Wildman–Crippen MR) is 61.6 cm³/mol. The molecule has 5 nitrogen and oxygen atoms in total. The average Bonchev–Trinajstić information content (AvgIpc) is 2.35. The molecule has 1 aromatic carbocycles. The lowest BCUT2D eigenvalue weighted by Gasteiger charge is -2.13. The summed E-state index contributed by atoms with van der Waals surface area (Å²) in [4.78, 5) is 11.3. The first kappa shape index (κ1) is 12.5. The Morgan fingerprint density at radius 3 is 2.75 bits per heavy atom. The van der Waals surface area contributed by atoms with Crippen LogP contribution in [0.5, 0.6) is 5.75 Å². The highest BCUT2D eigenvalue weighted by molar-refractivity contribution is 5.82. The van der Waals surface area contributed by atoms with Gasteiger partial charge in [0.05, 0.1) is 7.11 Å². The molecule has 0 aromatic heterocycles. The van der Waals surface area contributed by atoms with Gasteiger partial charge in [0.15, 0.2) is 0 Å². The number of hydrazine groups is 1. The molecule has 0 aliphatic heterocycles. The predicted octanol–water partition coefficient (Wildman–Crippen LogP) is 0.247. The van der Waals surface area contributed by atoms with Crippen LogP contribution in [0.15, 0.2) is 18.2 Å². The van der Waals surface area contributed by atoms with Crippen molar-refractivity contribution >= 4 is 5.91 Å². The molecule has 16 heavy (non-hydrogen) atoms. The molecule has 0 aliphatic carbocycles. The van der Waals surface area contributed by atoms with Gasteiger partial charge >= 0.3 is 0 Å². The molecule has 1 aromatic rings. The van der Waals surface area contributed by atoms with Crippen molar-refractivity contribution < 1.29 is 9.53 Å². The van der Waals surface area contributed by atoms with Crippen LogP contribution in [-0.4, -0.2) is 13.0 Å². The minimum absolute atomic E-state index is 0.410. The molecule has 0 saturated heterocycles. The zero-order valence-corrected chi connectivity index (χ0v) is 9.49. The number of ether oxygens (including phenoxy) is 1. The number of nitrogens with one attached hydrogen (secondary N) is 1. The minimum Gasteiger partial charge on any atom is -0.496 e. The number of hydrogen-bond acceptors (Lipinski definition) is 4. The summed E-state index contributed by atoms with van der Waals surface area (Å²) < 4.78 is 5.19. The molecule has 1 unspecified atom stereocenters. The van der Waals surface area contributed by atoms with Gasteiger partial charge in [-0.25, -0.2) is 5.84 Å². The Morgan fingerprint density at radius 1 is 1.56 bits per heavy atom. The fraction of sp³-hybridized carbons (Fsp3) is 0.364. The zero-order valence-electron chi connectivity index (χ0n) is 9.49. The third-order valence-electron chi connectivity index (χ3n) is 2.47. The largest absolute Gasteiger partial charge is 0.496 e. The van der Waals surface area contributed by atoms with Crippen LogP contribution in [0.1, 0.15) is 24.1 Å². The lowest BCUT2D eigenvalue weighted by atomic mass is 10.0. The number of nitrogens with two attached hydrogens (primary N) is 2. The van der Waals surface area contributed by atoms with Crippen LogP contribution >= 0.6 is 0 Å². The summed E-state index contributed by atoms with van der Waals surface area (Å²) in [6.07, 6.45) is 0.813. The summed E-state index contributed by atoms with van der Waals surface area (Å²) >= 11 is 0. The van der Waals surface area contributed by atoms with E-state index in [0.717, 1.165) is 23.3 Å². The second-order valence-electron chi connectivity index (χ2n) is 3.41. The molecule has 5 heteroatoms. The van der Waals surface area contributed by atoms with Crippen LogP contribution in [0.2, 0.25) is 0 Å². The van der Waals surface area contributed by atoms with Crippen molar-refractivity contribution in [2.24, 2.45) is 11.6 Å². The van der Waals surface area contributed by atoms with E-state index in [-0.39, 0.29) is 0 Å². The first-order valence-electron chi connectivity index (χ1n) is 5.06. The van der Waals surface area contributed by atoms with E-state index in [1.165, 1.54) is 0 Å². The van der Waals surface area contributed by atoms with Crippen molar-refractivity contribution in [3.63, 3.8) is 0 Å². The smallest absolute Gasteiger partial charge is 0.255 e. The number of benzene rings is 1. The molecule has 0 bridgehead atoms. The number of hydrogen-bond donors (Lipinski definition) is 3. The van der Waals surface area contributed by atoms with Gasteiger partial charge in [0.25, 0.3) is 5.91 Å². The topological polar surface area (TPSA) is 90.4 Å². The SMILES string of the molecule is CCc1cc(C(N)C(=O)NN)ccc1OC. The highest BCUT2D eigenvalue weighted by atomic mass is 16.5. The van der Waals surface area contributed by atoms with E-state index in [1.807, 2.05) is 18.4 Å². The molecular formula is C11H17N3O2. The van der Waals surface area contributed by atoms with Gasteiger partial charge in [-0.05, 0) is 23.6 Å². The number of rotatable bonds is 4. The lowest BCUT2D eigenvalue weighted by molar-refractivity contribution is -0.122. The fourth-order valence-electron chi connectivity index (χ4n) is 1.51. The maximum Gasteiger partial charge on any atom is 0.255 e. The molecule has 5 N–H and O–H groups in total. The van der Waals surface area contributed by atoms with Gasteiger partial charge in [-0.3, -0.25) is 10.2 Å². The van der Waals surface area contributed by atoms with Crippen LogP contribution in [0.25, 0.3) is 0 Å². The Morgan fingerprint density at radius 2 is 2.25 bits per heavy atom. The van der Waals surface area contributed by atoms with Gasteiger partial charge in [0, 0.05) is 0 Å². The van der Waals surface area contributed by atoms with Crippen LogP contribution in [0, 0.1) is 0 Å². The molecular weight excluding hydrogens is 206 g/mol. The summed E-state index contributed by atoms with van der Waals surface area (Å²) in [6, 6.07) is 4.68. The third kappa shape index (κ3) is 2.50. The van der Waals surface area contributed by atoms with Crippen LogP contribution < -0.4 is 21.7 Å². The van der Waals surface area contributed by atoms with E-state index >= 15 is 0 Å². The van der Waals surface area contributed by atoms with E-state index < -0.39 is 11.9 Å². The Labute approximate surface area is 94.7 Å². The van der Waals surface area contributed by atoms with E-state index in [4.69, 9.17) is 16.3 Å². The highest BCUT2D eigenvalue weighted by Gasteiger charge is 2.15. The number of methoxy groups -OCH3 is 1. The first-order chi connectivity index (χ1) is 7.63. The van der Waals surface area contributed by atoms with Gasteiger partial charge in [-0.1, -0.05) is 19.1 Å². The third-order valence-corrected chi connectivity index (χ3v) is 2.47. The maximum atomic E-state index is 11.3. The van der Waals surface area contributed by atoms with Gasteiger partial charge in [0.2, 0.25) is 0 Å². The summed E-state index contributed by atoms with van der Waals surface area (Å²) in [5.74, 6) is 5.42. The van der Waals surface area contributed by atoms with E-state index in [1.54, 1.807) is 19.2 Å². The highest BCUT2D eigenvalue weighted by Crippen LogP contribution is 2.23. The molecule has 1 atom stereocenters. The Kier molecular flexibility index (Phi) is 4.28. The van der Waals surface area contributed by atoms with Gasteiger partial charge in [-0.15, -0.1) is 0 Å². The van der Waals surface area contributed by atoms with E-state index in [9.17, 15) is 4.79 Å². The zero-order chi connectivity index (χ0) is 12.1. The molecule has 0 spiro atoms. The van der Waals surface area contributed by atoms with Crippen molar-refractivity contribution in [3.8, 4) is 5.75 Å². The Balaban J connectivity index is 3.03. The molecule has 1 amide bonds. The molecule has 0 radical (unpaired) electrons. The number of amides is 1. The quantitative estimate of drug-likeness (QED) is 0.387. The Bertz CT molecular complexity index is 379. The van der Waals surface area contributed by atoms with Crippen molar-refractivity contribution in [3.05, 3.63) is 29.3 Å². The lowest BCUT2D eigenvalue weighted by Crippen LogP contribution is -2.38. The molecule has 0 saturated carbocycles. The monoisotopic (exact) mass is 223 g/mol. The summed E-state index contributed by atoms with van der Waals surface area (Å²) in [6.45, 7) is 2.01. The van der Waals surface area contributed by atoms with Gasteiger partial charge < -0.3 is 10.5 Å². The van der Waals surface area contributed by atoms with E-state index in [2.05, 4.69) is 0 Å². The fourth-order valence-corrected chi connectivity index (χ4v) is 1.51. The molecule has 0 aliphatic rings. The van der Waals surface area contributed by atoms with Crippen molar-refractivity contribution in [1.82, 2.24) is 5.43 Å². The maximum absolute atomic E-state index is 11.3. The summed E-state index contributed by atoms with van der Waals surface area (Å²) in [5, 5.41) is 0. The molecule has 88 valence electrons. The van der Waals surface area contributed by atoms with Crippen molar-refractivity contribution in [2.45, 2.75) is 19.4 Å². The Hall–Kier alpha value is -1.59. The number of aryl methyl sites for hydroxylation is 1. The normalized spacial score (nSPS) is 12.0.